The minimum atomic E-state index is -0.332. The lowest BCUT2D eigenvalue weighted by Gasteiger charge is -2.26. The molecule has 1 aliphatic rings. The fourth-order valence-corrected chi connectivity index (χ4v) is 1.86. The van der Waals surface area contributed by atoms with E-state index in [2.05, 4.69) is 21.9 Å². The molecule has 0 unspecified atom stereocenters. The lowest BCUT2D eigenvalue weighted by atomic mass is 10.3. The van der Waals surface area contributed by atoms with Crippen LogP contribution in [0.2, 0.25) is 5.02 Å². The summed E-state index contributed by atoms with van der Waals surface area (Å²) in [4.78, 5) is 22.2. The zero-order valence-corrected chi connectivity index (χ0v) is 11.2. The molecule has 7 heteroatoms. The lowest BCUT2D eigenvalue weighted by Crippen LogP contribution is -2.37. The van der Waals surface area contributed by atoms with Crippen molar-refractivity contribution in [2.24, 2.45) is 0 Å². The first-order valence-corrected chi connectivity index (χ1v) is 6.34. The SMILES string of the molecule is C=CCNC(=O)c1nc(N2CCOCC2)ncc1Cl. The van der Waals surface area contributed by atoms with Gasteiger partial charge in [0.05, 0.1) is 24.4 Å². The molecule has 0 aromatic carbocycles. The smallest absolute Gasteiger partial charge is 0.271 e. The van der Waals surface area contributed by atoms with Gasteiger partial charge in [0.25, 0.3) is 5.91 Å². The molecule has 1 aliphatic heterocycles. The molecule has 0 radical (unpaired) electrons. The highest BCUT2D eigenvalue weighted by Gasteiger charge is 2.18. The number of rotatable bonds is 4. The van der Waals surface area contributed by atoms with Gasteiger partial charge in [0.15, 0.2) is 5.69 Å². The fourth-order valence-electron chi connectivity index (χ4n) is 1.68. The normalized spacial score (nSPS) is 15.1. The molecule has 19 heavy (non-hydrogen) atoms. The maximum absolute atomic E-state index is 11.9. The Morgan fingerprint density at radius 2 is 2.32 bits per heavy atom. The van der Waals surface area contributed by atoms with Gasteiger partial charge in [0, 0.05) is 19.6 Å². The van der Waals surface area contributed by atoms with Crippen molar-refractivity contribution in [2.45, 2.75) is 0 Å². The Balaban J connectivity index is 2.18. The lowest BCUT2D eigenvalue weighted by molar-refractivity contribution is 0.0953. The van der Waals surface area contributed by atoms with E-state index in [1.807, 2.05) is 4.90 Å². The molecule has 0 saturated carbocycles. The van der Waals surface area contributed by atoms with E-state index in [0.29, 0.717) is 38.8 Å². The largest absolute Gasteiger partial charge is 0.378 e. The van der Waals surface area contributed by atoms with E-state index >= 15 is 0 Å². The number of nitrogens with zero attached hydrogens (tertiary/aromatic N) is 3. The van der Waals surface area contributed by atoms with Crippen LogP contribution in [0.1, 0.15) is 10.5 Å². The standard InChI is InChI=1S/C12H15ClN4O2/c1-2-3-14-11(18)10-9(13)8-15-12(16-10)17-4-6-19-7-5-17/h2,8H,1,3-7H2,(H,14,18). The van der Waals surface area contributed by atoms with Gasteiger partial charge in [-0.2, -0.15) is 0 Å². The van der Waals surface area contributed by atoms with Gasteiger partial charge in [-0.25, -0.2) is 9.97 Å². The Morgan fingerprint density at radius 1 is 1.58 bits per heavy atom. The van der Waals surface area contributed by atoms with Gasteiger partial charge >= 0.3 is 0 Å². The number of carbonyl (C=O) groups excluding carboxylic acids is 1. The third-order valence-corrected chi connectivity index (χ3v) is 2.92. The van der Waals surface area contributed by atoms with Crippen molar-refractivity contribution in [1.29, 1.82) is 0 Å². The number of anilines is 1. The average molecular weight is 283 g/mol. The van der Waals surface area contributed by atoms with Crippen LogP contribution in [0.4, 0.5) is 5.95 Å². The minimum Gasteiger partial charge on any atom is -0.378 e. The number of carbonyl (C=O) groups is 1. The van der Waals surface area contributed by atoms with Crippen molar-refractivity contribution in [2.75, 3.05) is 37.7 Å². The summed E-state index contributed by atoms with van der Waals surface area (Å²) in [7, 11) is 0. The Labute approximate surface area is 116 Å². The molecule has 0 bridgehead atoms. The van der Waals surface area contributed by atoms with E-state index in [1.54, 1.807) is 6.08 Å². The second-order valence-electron chi connectivity index (χ2n) is 3.96. The fraction of sp³-hybridized carbons (Fsp3) is 0.417. The monoisotopic (exact) mass is 282 g/mol. The molecule has 2 heterocycles. The Kier molecular flexibility index (Phi) is 4.70. The summed E-state index contributed by atoms with van der Waals surface area (Å²) >= 11 is 5.95. The van der Waals surface area contributed by atoms with Crippen molar-refractivity contribution in [1.82, 2.24) is 15.3 Å². The molecule has 1 aromatic rings. The van der Waals surface area contributed by atoms with Crippen LogP contribution < -0.4 is 10.2 Å². The molecule has 2 rings (SSSR count). The Bertz CT molecular complexity index is 475. The van der Waals surface area contributed by atoms with Crippen LogP contribution in [0, 0.1) is 0 Å². The van der Waals surface area contributed by atoms with E-state index in [-0.39, 0.29) is 16.6 Å². The Hall–Kier alpha value is -1.66. The van der Waals surface area contributed by atoms with Crippen molar-refractivity contribution in [3.05, 3.63) is 29.6 Å². The molecule has 1 aromatic heterocycles. The predicted molar refractivity (Wildman–Crippen MR) is 72.6 cm³/mol. The molecular formula is C12H15ClN4O2. The van der Waals surface area contributed by atoms with Crippen LogP contribution in [-0.4, -0.2) is 48.7 Å². The third kappa shape index (κ3) is 3.42. The molecular weight excluding hydrogens is 268 g/mol. The predicted octanol–water partition coefficient (Wildman–Crippen LogP) is 0.882. The highest BCUT2D eigenvalue weighted by Crippen LogP contribution is 2.17. The molecule has 1 amide bonds. The maximum Gasteiger partial charge on any atom is 0.271 e. The zero-order valence-electron chi connectivity index (χ0n) is 10.4. The summed E-state index contributed by atoms with van der Waals surface area (Å²) in [5, 5.41) is 2.88. The van der Waals surface area contributed by atoms with Crippen LogP contribution in [0.15, 0.2) is 18.9 Å². The highest BCUT2D eigenvalue weighted by molar-refractivity contribution is 6.33. The number of nitrogens with one attached hydrogen (secondary N) is 1. The molecule has 0 spiro atoms. The molecule has 102 valence electrons. The molecule has 1 saturated heterocycles. The summed E-state index contributed by atoms with van der Waals surface area (Å²) in [6.45, 7) is 6.57. The van der Waals surface area contributed by atoms with Crippen molar-refractivity contribution in [3.63, 3.8) is 0 Å². The van der Waals surface area contributed by atoms with Crippen LogP contribution in [0.25, 0.3) is 0 Å². The van der Waals surface area contributed by atoms with Crippen LogP contribution >= 0.6 is 11.6 Å². The van der Waals surface area contributed by atoms with Crippen LogP contribution in [-0.2, 0) is 4.74 Å². The molecule has 6 nitrogen and oxygen atoms in total. The number of aromatic nitrogens is 2. The van der Waals surface area contributed by atoms with E-state index in [0.717, 1.165) is 0 Å². The van der Waals surface area contributed by atoms with E-state index < -0.39 is 0 Å². The van der Waals surface area contributed by atoms with Gasteiger partial charge in [-0.1, -0.05) is 17.7 Å². The minimum absolute atomic E-state index is 0.181. The number of morpholine rings is 1. The second-order valence-corrected chi connectivity index (χ2v) is 4.37. The van der Waals surface area contributed by atoms with Gasteiger partial charge in [-0.3, -0.25) is 4.79 Å². The molecule has 1 N–H and O–H groups in total. The Morgan fingerprint density at radius 3 is 3.00 bits per heavy atom. The van der Waals surface area contributed by atoms with Gasteiger partial charge in [0.1, 0.15) is 0 Å². The third-order valence-electron chi connectivity index (χ3n) is 2.65. The number of halogens is 1. The van der Waals surface area contributed by atoms with Crippen molar-refractivity contribution >= 4 is 23.5 Å². The van der Waals surface area contributed by atoms with Gasteiger partial charge in [-0.15, -0.1) is 6.58 Å². The van der Waals surface area contributed by atoms with Crippen molar-refractivity contribution in [3.8, 4) is 0 Å². The summed E-state index contributed by atoms with van der Waals surface area (Å²) in [5.41, 5.74) is 0.181. The summed E-state index contributed by atoms with van der Waals surface area (Å²) in [6, 6.07) is 0. The summed E-state index contributed by atoms with van der Waals surface area (Å²) in [6.07, 6.45) is 3.04. The topological polar surface area (TPSA) is 67.4 Å². The van der Waals surface area contributed by atoms with E-state index in [4.69, 9.17) is 16.3 Å². The van der Waals surface area contributed by atoms with Crippen LogP contribution in [0.3, 0.4) is 0 Å². The highest BCUT2D eigenvalue weighted by atomic mass is 35.5. The van der Waals surface area contributed by atoms with E-state index in [9.17, 15) is 4.79 Å². The van der Waals surface area contributed by atoms with Crippen LogP contribution in [0.5, 0.6) is 0 Å². The first-order valence-electron chi connectivity index (χ1n) is 5.96. The van der Waals surface area contributed by atoms with Gasteiger partial charge in [-0.05, 0) is 0 Å². The molecule has 0 atom stereocenters. The summed E-state index contributed by atoms with van der Waals surface area (Å²) < 4.78 is 5.26. The van der Waals surface area contributed by atoms with Gasteiger partial charge < -0.3 is 15.0 Å². The van der Waals surface area contributed by atoms with E-state index in [1.165, 1.54) is 6.20 Å². The van der Waals surface area contributed by atoms with Crippen molar-refractivity contribution < 1.29 is 9.53 Å². The zero-order chi connectivity index (χ0) is 13.7. The van der Waals surface area contributed by atoms with Gasteiger partial charge in [0.2, 0.25) is 5.95 Å². The number of hydrogen-bond donors (Lipinski definition) is 1. The quantitative estimate of drug-likeness (QED) is 0.831. The molecule has 0 aliphatic carbocycles. The average Bonchev–Trinajstić information content (AvgIpc) is 2.46. The second kappa shape index (κ2) is 6.49. The number of amides is 1. The number of ether oxygens (including phenoxy) is 1. The molecule has 1 fully saturated rings. The maximum atomic E-state index is 11.9. The first-order chi connectivity index (χ1) is 9.22. The first kappa shape index (κ1) is 13.8. The number of hydrogen-bond acceptors (Lipinski definition) is 5. The summed E-state index contributed by atoms with van der Waals surface area (Å²) in [5.74, 6) is 0.165.